The van der Waals surface area contributed by atoms with Crippen molar-refractivity contribution < 1.29 is 4.79 Å². The van der Waals surface area contributed by atoms with E-state index in [-0.39, 0.29) is 11.5 Å². The molecule has 0 fully saturated rings. The number of nitrogens with one attached hydrogen (secondary N) is 1. The van der Waals surface area contributed by atoms with Crippen molar-refractivity contribution in [1.29, 1.82) is 0 Å². The van der Waals surface area contributed by atoms with Crippen LogP contribution >= 0.6 is 22.9 Å². The monoisotopic (exact) mass is 424 g/mol. The zero-order chi connectivity index (χ0) is 20.5. The number of carbonyl (C=O) groups is 1. The van der Waals surface area contributed by atoms with Gasteiger partial charge in [-0.15, -0.1) is 16.4 Å². The number of nitrogens with zero attached hydrogens (tertiary/aromatic N) is 3. The summed E-state index contributed by atoms with van der Waals surface area (Å²) in [6, 6.07) is 16.0. The molecule has 8 heteroatoms. The molecule has 2 aromatic carbocycles. The van der Waals surface area contributed by atoms with Crippen LogP contribution in [0.15, 0.2) is 59.4 Å². The van der Waals surface area contributed by atoms with Crippen LogP contribution in [0.1, 0.15) is 18.5 Å². The fraction of sp³-hybridized carbons (Fsp3) is 0.143. The average Bonchev–Trinajstić information content (AvgIpc) is 3.16. The molecule has 4 rings (SSSR count). The summed E-state index contributed by atoms with van der Waals surface area (Å²) in [5.74, 6) is -0.376. The molecule has 2 heterocycles. The first-order chi connectivity index (χ1) is 13.9. The standard InChI is InChI=1S/C21H17ClN4O2S/c1-12-8-9-15(10-17(12)22)23-19(27)13(2)26-21(28)16-11-18(29-20(16)24-25-26)14-6-4-3-5-7-14/h3-11,13H,1-2H3,(H,23,27)/t13-/m0/s1. The van der Waals surface area contributed by atoms with Crippen molar-refractivity contribution in [3.8, 4) is 10.4 Å². The first-order valence-corrected chi connectivity index (χ1v) is 10.1. The molecule has 0 saturated carbocycles. The van der Waals surface area contributed by atoms with Gasteiger partial charge in [0.2, 0.25) is 5.91 Å². The number of aryl methyl sites for hydroxylation is 1. The van der Waals surface area contributed by atoms with Gasteiger partial charge in [0.05, 0.1) is 5.39 Å². The lowest BCUT2D eigenvalue weighted by atomic mass is 10.2. The molecule has 6 nitrogen and oxygen atoms in total. The van der Waals surface area contributed by atoms with Crippen LogP contribution in [0, 0.1) is 6.92 Å². The summed E-state index contributed by atoms with van der Waals surface area (Å²) in [4.78, 5) is 27.1. The van der Waals surface area contributed by atoms with Crippen LogP contribution in [0.4, 0.5) is 5.69 Å². The van der Waals surface area contributed by atoms with Crippen LogP contribution in [0.25, 0.3) is 20.7 Å². The molecule has 0 aliphatic carbocycles. The minimum atomic E-state index is -0.834. The first-order valence-electron chi connectivity index (χ1n) is 8.95. The van der Waals surface area contributed by atoms with Crippen molar-refractivity contribution >= 4 is 44.7 Å². The van der Waals surface area contributed by atoms with Gasteiger partial charge in [-0.2, -0.15) is 4.68 Å². The second-order valence-corrected chi connectivity index (χ2v) is 8.10. The van der Waals surface area contributed by atoms with Crippen molar-refractivity contribution in [1.82, 2.24) is 15.0 Å². The highest BCUT2D eigenvalue weighted by molar-refractivity contribution is 7.21. The molecule has 0 aliphatic rings. The zero-order valence-electron chi connectivity index (χ0n) is 15.7. The van der Waals surface area contributed by atoms with Crippen molar-refractivity contribution in [2.24, 2.45) is 0 Å². The quantitative estimate of drug-likeness (QED) is 0.516. The summed E-state index contributed by atoms with van der Waals surface area (Å²) in [7, 11) is 0. The maximum absolute atomic E-state index is 12.9. The minimum absolute atomic E-state index is 0.349. The van der Waals surface area contributed by atoms with E-state index in [1.807, 2.05) is 43.3 Å². The average molecular weight is 425 g/mol. The van der Waals surface area contributed by atoms with E-state index < -0.39 is 6.04 Å². The van der Waals surface area contributed by atoms with Gasteiger partial charge in [-0.3, -0.25) is 9.59 Å². The summed E-state index contributed by atoms with van der Waals surface area (Å²) in [6.45, 7) is 3.49. The Bertz CT molecular complexity index is 1270. The van der Waals surface area contributed by atoms with E-state index in [1.165, 1.54) is 11.3 Å². The normalized spacial score (nSPS) is 12.1. The molecule has 0 radical (unpaired) electrons. The Morgan fingerprint density at radius 3 is 2.66 bits per heavy atom. The maximum Gasteiger partial charge on any atom is 0.279 e. The Morgan fingerprint density at radius 2 is 1.93 bits per heavy atom. The highest BCUT2D eigenvalue weighted by atomic mass is 35.5. The number of carbonyl (C=O) groups excluding carboxylic acids is 1. The number of hydrogen-bond acceptors (Lipinski definition) is 5. The molecule has 1 N–H and O–H groups in total. The summed E-state index contributed by atoms with van der Waals surface area (Å²) in [5, 5.41) is 11.9. The third-order valence-electron chi connectivity index (χ3n) is 4.63. The molecule has 0 spiro atoms. The lowest BCUT2D eigenvalue weighted by Crippen LogP contribution is -2.33. The Labute approximate surface area is 175 Å². The van der Waals surface area contributed by atoms with Crippen LogP contribution in [0.5, 0.6) is 0 Å². The first kappa shape index (κ1) is 19.3. The van der Waals surface area contributed by atoms with Gasteiger partial charge in [0.1, 0.15) is 6.04 Å². The summed E-state index contributed by atoms with van der Waals surface area (Å²) in [5.41, 5.74) is 2.12. The Balaban J connectivity index is 1.64. The van der Waals surface area contributed by atoms with Crippen molar-refractivity contribution in [3.05, 3.63) is 75.5 Å². The topological polar surface area (TPSA) is 76.9 Å². The molecule has 146 valence electrons. The second kappa shape index (κ2) is 7.77. The molecular formula is C21H17ClN4O2S. The van der Waals surface area contributed by atoms with Crippen molar-refractivity contribution in [3.63, 3.8) is 0 Å². The largest absolute Gasteiger partial charge is 0.324 e. The minimum Gasteiger partial charge on any atom is -0.324 e. The van der Waals surface area contributed by atoms with Gasteiger partial charge in [0.15, 0.2) is 4.83 Å². The van der Waals surface area contributed by atoms with Gasteiger partial charge in [-0.1, -0.05) is 53.2 Å². The van der Waals surface area contributed by atoms with E-state index in [0.29, 0.717) is 20.9 Å². The molecular weight excluding hydrogens is 408 g/mol. The van der Waals surface area contributed by atoms with Gasteiger partial charge >= 0.3 is 0 Å². The number of thiophene rings is 1. The lowest BCUT2D eigenvalue weighted by molar-refractivity contribution is -0.119. The number of amides is 1. The maximum atomic E-state index is 12.9. The van der Waals surface area contributed by atoms with Crippen LogP contribution in [0.2, 0.25) is 5.02 Å². The number of aromatic nitrogens is 3. The fourth-order valence-electron chi connectivity index (χ4n) is 2.89. The fourth-order valence-corrected chi connectivity index (χ4v) is 4.04. The number of rotatable bonds is 4. The predicted molar refractivity (Wildman–Crippen MR) is 117 cm³/mol. The Morgan fingerprint density at radius 1 is 1.17 bits per heavy atom. The van der Waals surface area contributed by atoms with Gasteiger partial charge in [0, 0.05) is 15.6 Å². The van der Waals surface area contributed by atoms with Crippen LogP contribution < -0.4 is 10.9 Å². The second-order valence-electron chi connectivity index (χ2n) is 6.66. The smallest absolute Gasteiger partial charge is 0.279 e. The van der Waals surface area contributed by atoms with Crippen molar-refractivity contribution in [2.75, 3.05) is 5.32 Å². The van der Waals surface area contributed by atoms with E-state index in [9.17, 15) is 9.59 Å². The predicted octanol–water partition coefficient (Wildman–Crippen LogP) is 4.68. The van der Waals surface area contributed by atoms with Crippen LogP contribution in [-0.2, 0) is 4.79 Å². The highest BCUT2D eigenvalue weighted by Gasteiger charge is 2.21. The molecule has 29 heavy (non-hydrogen) atoms. The highest BCUT2D eigenvalue weighted by Crippen LogP contribution is 2.30. The molecule has 1 atom stereocenters. The molecule has 0 aliphatic heterocycles. The van der Waals surface area contributed by atoms with E-state index >= 15 is 0 Å². The SMILES string of the molecule is Cc1ccc(NC(=O)[C@H](C)n2nnc3sc(-c4ccccc4)cc3c2=O)cc1Cl. The van der Waals surface area contributed by atoms with Gasteiger partial charge in [-0.05, 0) is 43.2 Å². The van der Waals surface area contributed by atoms with Crippen molar-refractivity contribution in [2.45, 2.75) is 19.9 Å². The Kier molecular flexibility index (Phi) is 5.17. The van der Waals surface area contributed by atoms with Gasteiger partial charge < -0.3 is 5.32 Å². The summed E-state index contributed by atoms with van der Waals surface area (Å²) >= 11 is 7.51. The van der Waals surface area contributed by atoms with E-state index in [2.05, 4.69) is 15.6 Å². The Hall–Kier alpha value is -3.03. The van der Waals surface area contributed by atoms with Gasteiger partial charge in [0.25, 0.3) is 5.56 Å². The number of halogens is 1. The third kappa shape index (κ3) is 3.79. The van der Waals surface area contributed by atoms with E-state index in [1.54, 1.807) is 25.1 Å². The third-order valence-corrected chi connectivity index (χ3v) is 6.10. The zero-order valence-corrected chi connectivity index (χ0v) is 17.3. The molecule has 2 aromatic heterocycles. The summed E-state index contributed by atoms with van der Waals surface area (Å²) < 4.78 is 1.11. The number of hydrogen-bond donors (Lipinski definition) is 1. The molecule has 1 amide bonds. The molecule has 0 bridgehead atoms. The number of benzene rings is 2. The lowest BCUT2D eigenvalue weighted by Gasteiger charge is -2.13. The van der Waals surface area contributed by atoms with E-state index in [4.69, 9.17) is 11.6 Å². The summed E-state index contributed by atoms with van der Waals surface area (Å²) in [6.07, 6.45) is 0. The van der Waals surface area contributed by atoms with Crippen LogP contribution in [-0.4, -0.2) is 20.9 Å². The molecule has 4 aromatic rings. The van der Waals surface area contributed by atoms with Crippen LogP contribution in [0.3, 0.4) is 0 Å². The molecule has 0 saturated heterocycles. The molecule has 0 unspecified atom stereocenters. The number of fused-ring (bicyclic) bond motifs is 1. The number of anilines is 1. The van der Waals surface area contributed by atoms with E-state index in [0.717, 1.165) is 20.7 Å². The van der Waals surface area contributed by atoms with Gasteiger partial charge in [-0.25, -0.2) is 0 Å².